The highest BCUT2D eigenvalue weighted by atomic mass is 16.7. The van der Waals surface area contributed by atoms with Gasteiger partial charge in [0.05, 0.1) is 25.0 Å². The number of rotatable bonds is 5. The van der Waals surface area contributed by atoms with Gasteiger partial charge < -0.3 is 24.5 Å². The standard InChI is InChI=1S/C24H33N3O4/c1-29-21-9-8-17(15-22(21)30-18-5-2-3-6-18)20-16-24(31-26-20)10-13-27(14-11-24)23(28)19-7-4-12-25-19/h8-9,15,18-19,25H,2-7,10-14,16H2,1H3. The molecule has 1 atom stereocenters. The number of ether oxygens (including phenoxy) is 2. The minimum Gasteiger partial charge on any atom is -0.493 e. The van der Waals surface area contributed by atoms with Gasteiger partial charge in [0.15, 0.2) is 11.5 Å². The maximum Gasteiger partial charge on any atom is 0.239 e. The average Bonchev–Trinajstić information content (AvgIpc) is 3.57. The van der Waals surface area contributed by atoms with Crippen LogP contribution in [0.2, 0.25) is 0 Å². The molecule has 1 unspecified atom stereocenters. The molecule has 1 N–H and O–H groups in total. The van der Waals surface area contributed by atoms with Gasteiger partial charge in [-0.2, -0.15) is 0 Å². The van der Waals surface area contributed by atoms with Crippen molar-refractivity contribution in [1.82, 2.24) is 10.2 Å². The van der Waals surface area contributed by atoms with E-state index in [0.717, 1.165) is 87.4 Å². The van der Waals surface area contributed by atoms with Gasteiger partial charge in [-0.15, -0.1) is 0 Å². The van der Waals surface area contributed by atoms with Crippen molar-refractivity contribution in [3.05, 3.63) is 23.8 Å². The number of hydrogen-bond acceptors (Lipinski definition) is 6. The second-order valence-electron chi connectivity index (χ2n) is 9.35. The number of hydrogen-bond donors (Lipinski definition) is 1. The summed E-state index contributed by atoms with van der Waals surface area (Å²) in [4.78, 5) is 20.7. The lowest BCUT2D eigenvalue weighted by atomic mass is 9.85. The first-order chi connectivity index (χ1) is 15.2. The summed E-state index contributed by atoms with van der Waals surface area (Å²) in [5, 5.41) is 7.78. The van der Waals surface area contributed by atoms with Gasteiger partial charge in [0.1, 0.15) is 5.60 Å². The third-order valence-electron chi connectivity index (χ3n) is 7.28. The molecule has 2 saturated heterocycles. The number of oxime groups is 1. The largest absolute Gasteiger partial charge is 0.493 e. The van der Waals surface area contributed by atoms with E-state index in [-0.39, 0.29) is 23.7 Å². The van der Waals surface area contributed by atoms with Crippen LogP contribution < -0.4 is 14.8 Å². The van der Waals surface area contributed by atoms with Gasteiger partial charge in [-0.3, -0.25) is 4.79 Å². The van der Waals surface area contributed by atoms with Crippen LogP contribution in [0.25, 0.3) is 0 Å². The lowest BCUT2D eigenvalue weighted by Gasteiger charge is -2.38. The molecule has 1 saturated carbocycles. The smallest absolute Gasteiger partial charge is 0.239 e. The molecular weight excluding hydrogens is 394 g/mol. The number of benzene rings is 1. The Morgan fingerprint density at radius 3 is 2.68 bits per heavy atom. The second-order valence-corrected chi connectivity index (χ2v) is 9.35. The van der Waals surface area contributed by atoms with Crippen molar-refractivity contribution < 1.29 is 19.1 Å². The number of carbonyl (C=O) groups excluding carboxylic acids is 1. The van der Waals surface area contributed by atoms with E-state index < -0.39 is 0 Å². The van der Waals surface area contributed by atoms with E-state index in [0.29, 0.717) is 0 Å². The van der Waals surface area contributed by atoms with Crippen LogP contribution in [0, 0.1) is 0 Å². The molecule has 168 valence electrons. The van der Waals surface area contributed by atoms with Crippen molar-refractivity contribution in [2.75, 3.05) is 26.7 Å². The fourth-order valence-corrected chi connectivity index (χ4v) is 5.33. The Morgan fingerprint density at radius 1 is 1.16 bits per heavy atom. The molecule has 0 bridgehead atoms. The number of methoxy groups -OCH3 is 1. The third-order valence-corrected chi connectivity index (χ3v) is 7.28. The van der Waals surface area contributed by atoms with Crippen LogP contribution >= 0.6 is 0 Å². The van der Waals surface area contributed by atoms with Crippen molar-refractivity contribution in [1.29, 1.82) is 0 Å². The molecule has 1 spiro atoms. The van der Waals surface area contributed by atoms with Gasteiger partial charge >= 0.3 is 0 Å². The normalized spacial score (nSPS) is 25.5. The number of amides is 1. The predicted octanol–water partition coefficient (Wildman–Crippen LogP) is 3.25. The third kappa shape index (κ3) is 4.25. The Labute approximate surface area is 184 Å². The lowest BCUT2D eigenvalue weighted by Crippen LogP contribution is -2.51. The molecule has 0 radical (unpaired) electrons. The molecule has 3 aliphatic heterocycles. The van der Waals surface area contributed by atoms with E-state index in [1.54, 1.807) is 7.11 Å². The quantitative estimate of drug-likeness (QED) is 0.781. The molecule has 7 heteroatoms. The van der Waals surface area contributed by atoms with Crippen molar-refractivity contribution in [3.63, 3.8) is 0 Å². The minimum atomic E-state index is -0.290. The summed E-state index contributed by atoms with van der Waals surface area (Å²) >= 11 is 0. The highest BCUT2D eigenvalue weighted by molar-refractivity contribution is 6.02. The van der Waals surface area contributed by atoms with Crippen LogP contribution in [0.3, 0.4) is 0 Å². The predicted molar refractivity (Wildman–Crippen MR) is 118 cm³/mol. The number of nitrogens with one attached hydrogen (secondary N) is 1. The zero-order chi connectivity index (χ0) is 21.3. The monoisotopic (exact) mass is 427 g/mol. The molecule has 3 heterocycles. The maximum atomic E-state index is 12.7. The molecule has 1 aliphatic carbocycles. The topological polar surface area (TPSA) is 72.4 Å². The number of nitrogens with zero attached hydrogens (tertiary/aromatic N) is 2. The molecule has 31 heavy (non-hydrogen) atoms. The van der Waals surface area contributed by atoms with Crippen LogP contribution in [0.15, 0.2) is 23.4 Å². The zero-order valence-corrected chi connectivity index (χ0v) is 18.4. The SMILES string of the molecule is COc1ccc(C2=NOC3(CCN(C(=O)C4CCCN4)CC3)C2)cc1OC1CCCC1. The molecule has 5 rings (SSSR count). The van der Waals surface area contributed by atoms with Crippen LogP contribution in [-0.4, -0.2) is 61.0 Å². The highest BCUT2D eigenvalue weighted by Crippen LogP contribution is 2.38. The van der Waals surface area contributed by atoms with Gasteiger partial charge in [0.25, 0.3) is 0 Å². The summed E-state index contributed by atoms with van der Waals surface area (Å²) in [5.41, 5.74) is 1.69. The Bertz CT molecular complexity index is 835. The number of carbonyl (C=O) groups is 1. The molecule has 1 amide bonds. The fourth-order valence-electron chi connectivity index (χ4n) is 5.33. The zero-order valence-electron chi connectivity index (χ0n) is 18.4. The molecule has 1 aromatic rings. The van der Waals surface area contributed by atoms with E-state index in [1.165, 1.54) is 12.8 Å². The first kappa shape index (κ1) is 20.6. The molecule has 0 aromatic heterocycles. The Balaban J connectivity index is 1.22. The van der Waals surface area contributed by atoms with Crippen LogP contribution in [0.4, 0.5) is 0 Å². The van der Waals surface area contributed by atoms with Gasteiger partial charge in [-0.1, -0.05) is 5.16 Å². The van der Waals surface area contributed by atoms with Crippen molar-refractivity contribution in [2.45, 2.75) is 75.5 Å². The van der Waals surface area contributed by atoms with Crippen molar-refractivity contribution in [3.8, 4) is 11.5 Å². The summed E-state index contributed by atoms with van der Waals surface area (Å²) in [5.74, 6) is 1.80. The molecule has 3 fully saturated rings. The van der Waals surface area contributed by atoms with E-state index in [9.17, 15) is 4.79 Å². The van der Waals surface area contributed by atoms with Gasteiger partial charge in [-0.25, -0.2) is 0 Å². The van der Waals surface area contributed by atoms with Crippen LogP contribution in [0.1, 0.15) is 63.4 Å². The first-order valence-corrected chi connectivity index (χ1v) is 11.8. The van der Waals surface area contributed by atoms with Gasteiger partial charge in [0.2, 0.25) is 5.91 Å². The summed E-state index contributed by atoms with van der Waals surface area (Å²) in [6.07, 6.45) is 9.38. The minimum absolute atomic E-state index is 0.00273. The molecular formula is C24H33N3O4. The summed E-state index contributed by atoms with van der Waals surface area (Å²) < 4.78 is 11.8. The number of likely N-dealkylation sites (tertiary alicyclic amines) is 1. The Kier molecular flexibility index (Phi) is 5.78. The first-order valence-electron chi connectivity index (χ1n) is 11.8. The summed E-state index contributed by atoms with van der Waals surface area (Å²) in [6, 6.07) is 6.04. The Hall–Kier alpha value is -2.28. The maximum absolute atomic E-state index is 12.7. The summed E-state index contributed by atoms with van der Waals surface area (Å²) in [6.45, 7) is 2.42. The molecule has 7 nitrogen and oxygen atoms in total. The lowest BCUT2D eigenvalue weighted by molar-refractivity contribution is -0.138. The fraction of sp³-hybridized carbons (Fsp3) is 0.667. The van der Waals surface area contributed by atoms with Gasteiger partial charge in [-0.05, 0) is 63.3 Å². The molecule has 1 aromatic carbocycles. The van der Waals surface area contributed by atoms with Crippen LogP contribution in [0.5, 0.6) is 11.5 Å². The van der Waals surface area contributed by atoms with Crippen molar-refractivity contribution >= 4 is 11.6 Å². The number of piperidine rings is 1. The van der Waals surface area contributed by atoms with Crippen molar-refractivity contribution in [2.24, 2.45) is 5.16 Å². The van der Waals surface area contributed by atoms with E-state index in [4.69, 9.17) is 14.3 Å². The second kappa shape index (κ2) is 8.69. The van der Waals surface area contributed by atoms with E-state index >= 15 is 0 Å². The summed E-state index contributed by atoms with van der Waals surface area (Å²) in [7, 11) is 1.68. The van der Waals surface area contributed by atoms with E-state index in [2.05, 4.69) is 10.5 Å². The van der Waals surface area contributed by atoms with Crippen LogP contribution in [-0.2, 0) is 9.63 Å². The average molecular weight is 428 g/mol. The van der Waals surface area contributed by atoms with E-state index in [1.807, 2.05) is 23.1 Å². The Morgan fingerprint density at radius 2 is 1.97 bits per heavy atom. The molecule has 4 aliphatic rings. The highest BCUT2D eigenvalue weighted by Gasteiger charge is 2.44. The van der Waals surface area contributed by atoms with Gasteiger partial charge in [0, 0.05) is 37.9 Å².